The first-order valence-corrected chi connectivity index (χ1v) is 6.37. The highest BCUT2D eigenvalue weighted by Gasteiger charge is 2.33. The summed E-state index contributed by atoms with van der Waals surface area (Å²) in [5.74, 6) is 0.937. The SMILES string of the molecule is CC1(NC(=O)c2cc(Cl)c3c(c2)OCO3)CCC1. The minimum Gasteiger partial charge on any atom is -0.454 e. The number of fused-ring (bicyclic) bond motifs is 1. The molecule has 4 nitrogen and oxygen atoms in total. The van der Waals surface area contributed by atoms with Crippen LogP contribution < -0.4 is 14.8 Å². The zero-order chi connectivity index (χ0) is 12.8. The average molecular weight is 268 g/mol. The molecule has 0 atom stereocenters. The lowest BCUT2D eigenvalue weighted by atomic mass is 9.78. The van der Waals surface area contributed by atoms with Crippen molar-refractivity contribution in [3.05, 3.63) is 22.7 Å². The molecule has 1 fully saturated rings. The van der Waals surface area contributed by atoms with Gasteiger partial charge in [-0.3, -0.25) is 4.79 Å². The fraction of sp³-hybridized carbons (Fsp3) is 0.462. The summed E-state index contributed by atoms with van der Waals surface area (Å²) in [5.41, 5.74) is 0.442. The van der Waals surface area contributed by atoms with Crippen LogP contribution >= 0.6 is 11.6 Å². The summed E-state index contributed by atoms with van der Waals surface area (Å²) in [5, 5.41) is 3.44. The number of ether oxygens (including phenoxy) is 2. The molecule has 3 rings (SSSR count). The molecular weight excluding hydrogens is 254 g/mol. The largest absolute Gasteiger partial charge is 0.454 e. The molecule has 1 saturated carbocycles. The Morgan fingerprint density at radius 3 is 2.83 bits per heavy atom. The zero-order valence-electron chi connectivity index (χ0n) is 10.1. The van der Waals surface area contributed by atoms with Gasteiger partial charge in [0.25, 0.3) is 5.91 Å². The third-order valence-electron chi connectivity index (χ3n) is 3.56. The number of hydrogen-bond donors (Lipinski definition) is 1. The fourth-order valence-corrected chi connectivity index (χ4v) is 2.54. The van der Waals surface area contributed by atoms with Crippen molar-refractivity contribution in [1.29, 1.82) is 0 Å². The number of carbonyl (C=O) groups excluding carboxylic acids is 1. The third-order valence-corrected chi connectivity index (χ3v) is 3.84. The monoisotopic (exact) mass is 267 g/mol. The van der Waals surface area contributed by atoms with Crippen molar-refractivity contribution in [2.45, 2.75) is 31.7 Å². The van der Waals surface area contributed by atoms with Crippen molar-refractivity contribution in [1.82, 2.24) is 5.32 Å². The number of hydrogen-bond acceptors (Lipinski definition) is 3. The topological polar surface area (TPSA) is 47.6 Å². The van der Waals surface area contributed by atoms with Crippen LogP contribution in [0.5, 0.6) is 11.5 Å². The molecular formula is C13H14ClNO3. The van der Waals surface area contributed by atoms with Gasteiger partial charge in [-0.2, -0.15) is 0 Å². The highest BCUT2D eigenvalue weighted by molar-refractivity contribution is 6.32. The second-order valence-corrected chi connectivity index (χ2v) is 5.47. The Hall–Kier alpha value is -1.42. The summed E-state index contributed by atoms with van der Waals surface area (Å²) in [6.45, 7) is 2.21. The molecule has 0 spiro atoms. The quantitative estimate of drug-likeness (QED) is 0.896. The Morgan fingerprint density at radius 1 is 1.39 bits per heavy atom. The smallest absolute Gasteiger partial charge is 0.251 e. The van der Waals surface area contributed by atoms with E-state index in [9.17, 15) is 4.79 Å². The first kappa shape index (κ1) is 11.7. The van der Waals surface area contributed by atoms with Crippen molar-refractivity contribution in [2.24, 2.45) is 0 Å². The van der Waals surface area contributed by atoms with Crippen LogP contribution in [0.15, 0.2) is 12.1 Å². The van der Waals surface area contributed by atoms with Crippen LogP contribution in [-0.2, 0) is 0 Å². The van der Waals surface area contributed by atoms with Gasteiger partial charge in [0, 0.05) is 11.1 Å². The number of halogens is 1. The van der Waals surface area contributed by atoms with Gasteiger partial charge in [0.15, 0.2) is 11.5 Å². The second-order valence-electron chi connectivity index (χ2n) is 5.06. The Labute approximate surface area is 110 Å². The van der Waals surface area contributed by atoms with Crippen molar-refractivity contribution in [3.63, 3.8) is 0 Å². The fourth-order valence-electron chi connectivity index (χ4n) is 2.28. The van der Waals surface area contributed by atoms with Gasteiger partial charge in [-0.1, -0.05) is 11.6 Å². The normalized spacial score (nSPS) is 19.2. The molecule has 1 amide bonds. The lowest BCUT2D eigenvalue weighted by Gasteiger charge is -2.39. The molecule has 0 bridgehead atoms. The van der Waals surface area contributed by atoms with E-state index in [1.54, 1.807) is 12.1 Å². The van der Waals surface area contributed by atoms with Crippen LogP contribution in [0.4, 0.5) is 0 Å². The van der Waals surface area contributed by atoms with Gasteiger partial charge in [-0.25, -0.2) is 0 Å². The molecule has 1 aromatic rings. The minimum absolute atomic E-state index is 0.0695. The number of rotatable bonds is 2. The Morgan fingerprint density at radius 2 is 2.17 bits per heavy atom. The molecule has 5 heteroatoms. The molecule has 1 aliphatic heterocycles. The molecule has 96 valence electrons. The molecule has 0 radical (unpaired) electrons. The van der Waals surface area contributed by atoms with Crippen molar-refractivity contribution < 1.29 is 14.3 Å². The van der Waals surface area contributed by atoms with Crippen molar-refractivity contribution in [2.75, 3.05) is 6.79 Å². The average Bonchev–Trinajstić information content (AvgIpc) is 2.75. The van der Waals surface area contributed by atoms with E-state index < -0.39 is 0 Å². The van der Waals surface area contributed by atoms with E-state index >= 15 is 0 Å². The van der Waals surface area contributed by atoms with Crippen LogP contribution in [0.1, 0.15) is 36.5 Å². The van der Waals surface area contributed by atoms with Crippen LogP contribution in [0.2, 0.25) is 5.02 Å². The van der Waals surface area contributed by atoms with E-state index in [0.29, 0.717) is 22.1 Å². The predicted molar refractivity (Wildman–Crippen MR) is 67.3 cm³/mol. The molecule has 0 unspecified atom stereocenters. The number of nitrogens with one attached hydrogen (secondary N) is 1. The lowest BCUT2D eigenvalue weighted by molar-refractivity contribution is 0.0850. The summed E-state index contributed by atoms with van der Waals surface area (Å²) in [7, 11) is 0. The number of amides is 1. The van der Waals surface area contributed by atoms with Gasteiger partial charge in [-0.15, -0.1) is 0 Å². The van der Waals surface area contributed by atoms with E-state index in [2.05, 4.69) is 12.2 Å². The number of carbonyl (C=O) groups is 1. The summed E-state index contributed by atoms with van der Waals surface area (Å²) in [4.78, 5) is 12.1. The first-order valence-electron chi connectivity index (χ1n) is 5.99. The van der Waals surface area contributed by atoms with Gasteiger partial charge >= 0.3 is 0 Å². The molecule has 0 aromatic heterocycles. The summed E-state index contributed by atoms with van der Waals surface area (Å²) in [6.07, 6.45) is 3.22. The minimum atomic E-state index is -0.114. The van der Waals surface area contributed by atoms with Crippen LogP contribution in [0.3, 0.4) is 0 Å². The maximum Gasteiger partial charge on any atom is 0.251 e. The van der Waals surface area contributed by atoms with Gasteiger partial charge in [-0.05, 0) is 38.3 Å². The third kappa shape index (κ3) is 1.90. The van der Waals surface area contributed by atoms with E-state index in [-0.39, 0.29) is 18.2 Å². The van der Waals surface area contributed by atoms with Gasteiger partial charge in [0.05, 0.1) is 5.02 Å². The van der Waals surface area contributed by atoms with Gasteiger partial charge in [0.2, 0.25) is 6.79 Å². The Bertz CT molecular complexity index is 511. The van der Waals surface area contributed by atoms with Gasteiger partial charge < -0.3 is 14.8 Å². The van der Waals surface area contributed by atoms with Crippen molar-refractivity contribution in [3.8, 4) is 11.5 Å². The molecule has 1 N–H and O–H groups in total. The van der Waals surface area contributed by atoms with Crippen LogP contribution in [-0.4, -0.2) is 18.2 Å². The highest BCUT2D eigenvalue weighted by atomic mass is 35.5. The first-order chi connectivity index (χ1) is 8.57. The summed E-state index contributed by atoms with van der Waals surface area (Å²) in [6, 6.07) is 3.29. The summed E-state index contributed by atoms with van der Waals surface area (Å²) >= 11 is 6.05. The molecule has 2 aliphatic rings. The zero-order valence-corrected chi connectivity index (χ0v) is 10.8. The lowest BCUT2D eigenvalue weighted by Crippen LogP contribution is -2.50. The van der Waals surface area contributed by atoms with Crippen molar-refractivity contribution >= 4 is 17.5 Å². The molecule has 1 aromatic carbocycles. The highest BCUT2D eigenvalue weighted by Crippen LogP contribution is 2.40. The van der Waals surface area contributed by atoms with E-state index in [4.69, 9.17) is 21.1 Å². The second kappa shape index (κ2) is 4.05. The van der Waals surface area contributed by atoms with E-state index in [1.165, 1.54) is 6.42 Å². The predicted octanol–water partition coefficient (Wildman–Crippen LogP) is 2.74. The molecule has 0 saturated heterocycles. The van der Waals surface area contributed by atoms with Gasteiger partial charge in [0.1, 0.15) is 0 Å². The van der Waals surface area contributed by atoms with E-state index in [1.807, 2.05) is 0 Å². The molecule has 1 heterocycles. The standard InChI is InChI=1S/C13H14ClNO3/c1-13(3-2-4-13)15-12(16)8-5-9(14)11-10(6-8)17-7-18-11/h5-6H,2-4,7H2,1H3,(H,15,16). The molecule has 1 aliphatic carbocycles. The maximum absolute atomic E-state index is 12.1. The Kier molecular flexibility index (Phi) is 2.63. The molecule has 18 heavy (non-hydrogen) atoms. The Balaban J connectivity index is 1.84. The van der Waals surface area contributed by atoms with Crippen LogP contribution in [0.25, 0.3) is 0 Å². The maximum atomic E-state index is 12.1. The van der Waals surface area contributed by atoms with Crippen LogP contribution in [0, 0.1) is 0 Å². The van der Waals surface area contributed by atoms with E-state index in [0.717, 1.165) is 12.8 Å². The summed E-state index contributed by atoms with van der Waals surface area (Å²) < 4.78 is 10.5. The number of benzene rings is 1.